The predicted octanol–water partition coefficient (Wildman–Crippen LogP) is 3.43. The number of hydrogen-bond donors (Lipinski definition) is 0. The van der Waals surface area contributed by atoms with Crippen molar-refractivity contribution >= 4 is 15.9 Å². The molecule has 0 N–H and O–H groups in total. The van der Waals surface area contributed by atoms with Crippen molar-refractivity contribution in [2.75, 3.05) is 0 Å². The monoisotopic (exact) mass is 244 g/mol. The van der Waals surface area contributed by atoms with E-state index >= 15 is 0 Å². The van der Waals surface area contributed by atoms with E-state index < -0.39 is 0 Å². The average Bonchev–Trinajstić information content (AvgIpc) is 2.26. The molecule has 13 heavy (non-hydrogen) atoms. The highest BCUT2D eigenvalue weighted by molar-refractivity contribution is 9.10. The van der Waals surface area contributed by atoms with Crippen LogP contribution >= 0.6 is 15.9 Å². The van der Waals surface area contributed by atoms with E-state index in [-0.39, 0.29) is 0 Å². The summed E-state index contributed by atoms with van der Waals surface area (Å²) >= 11 is 3.62. The molecule has 0 aliphatic heterocycles. The first-order valence-electron chi connectivity index (χ1n) is 4.67. The third-order valence-corrected chi connectivity index (χ3v) is 2.96. The summed E-state index contributed by atoms with van der Waals surface area (Å²) in [5.74, 6) is 0.993. The third kappa shape index (κ3) is 1.96. The van der Waals surface area contributed by atoms with Crippen LogP contribution < -0.4 is 0 Å². The molecular weight excluding hydrogens is 228 g/mol. The summed E-state index contributed by atoms with van der Waals surface area (Å²) in [6, 6.07) is 0. The van der Waals surface area contributed by atoms with Crippen molar-refractivity contribution in [3.63, 3.8) is 0 Å². The maximum absolute atomic E-state index is 4.50. The van der Waals surface area contributed by atoms with Gasteiger partial charge in [-0.25, -0.2) is 0 Å². The topological polar surface area (TPSA) is 17.8 Å². The predicted molar refractivity (Wildman–Crippen MR) is 59.1 cm³/mol. The van der Waals surface area contributed by atoms with Gasteiger partial charge in [-0.3, -0.25) is 4.68 Å². The molecule has 0 saturated heterocycles. The van der Waals surface area contributed by atoms with Gasteiger partial charge in [0.1, 0.15) is 0 Å². The van der Waals surface area contributed by atoms with Gasteiger partial charge < -0.3 is 0 Å². The lowest BCUT2D eigenvalue weighted by molar-refractivity contribution is 0.652. The summed E-state index contributed by atoms with van der Waals surface area (Å²) in [6.07, 6.45) is 0. The molecule has 0 amide bonds. The molecule has 0 saturated carbocycles. The number of halogens is 1. The number of aryl methyl sites for hydroxylation is 1. The Labute approximate surface area is 88.5 Å². The SMILES string of the molecule is CC(C)c1nn(C)c(C(C)C)c1Br. The van der Waals surface area contributed by atoms with Crippen LogP contribution in [-0.4, -0.2) is 9.78 Å². The zero-order chi connectivity index (χ0) is 10.2. The maximum Gasteiger partial charge on any atom is 0.0794 e. The molecule has 1 aromatic heterocycles. The highest BCUT2D eigenvalue weighted by atomic mass is 79.9. The molecule has 1 rings (SSSR count). The van der Waals surface area contributed by atoms with Crippen LogP contribution in [0.2, 0.25) is 0 Å². The zero-order valence-electron chi connectivity index (χ0n) is 8.93. The van der Waals surface area contributed by atoms with E-state index in [2.05, 4.69) is 48.7 Å². The van der Waals surface area contributed by atoms with Gasteiger partial charge in [-0.1, -0.05) is 27.7 Å². The van der Waals surface area contributed by atoms with Gasteiger partial charge in [0, 0.05) is 7.05 Å². The Hall–Kier alpha value is -0.310. The fourth-order valence-corrected chi connectivity index (χ4v) is 2.78. The van der Waals surface area contributed by atoms with Crippen molar-refractivity contribution in [1.82, 2.24) is 9.78 Å². The number of aromatic nitrogens is 2. The summed E-state index contributed by atoms with van der Waals surface area (Å²) in [5, 5.41) is 4.50. The lowest BCUT2D eigenvalue weighted by Crippen LogP contribution is -2.00. The molecule has 0 fully saturated rings. The second-order valence-corrected chi connectivity index (χ2v) is 4.81. The molecule has 0 aliphatic rings. The first-order chi connectivity index (χ1) is 5.95. The van der Waals surface area contributed by atoms with E-state index in [0.29, 0.717) is 11.8 Å². The van der Waals surface area contributed by atoms with Crippen LogP contribution in [-0.2, 0) is 7.05 Å². The molecule has 0 bridgehead atoms. The van der Waals surface area contributed by atoms with Crippen molar-refractivity contribution in [3.05, 3.63) is 15.9 Å². The molecule has 0 spiro atoms. The van der Waals surface area contributed by atoms with Crippen LogP contribution in [0.5, 0.6) is 0 Å². The van der Waals surface area contributed by atoms with Crippen LogP contribution in [0.4, 0.5) is 0 Å². The van der Waals surface area contributed by atoms with E-state index in [0.717, 1.165) is 5.69 Å². The van der Waals surface area contributed by atoms with Gasteiger partial charge in [0.25, 0.3) is 0 Å². The molecule has 3 heteroatoms. The Morgan fingerprint density at radius 2 is 1.69 bits per heavy atom. The largest absolute Gasteiger partial charge is 0.271 e. The number of hydrogen-bond acceptors (Lipinski definition) is 1. The molecule has 0 aliphatic carbocycles. The van der Waals surface area contributed by atoms with E-state index in [1.165, 1.54) is 10.2 Å². The highest BCUT2D eigenvalue weighted by Gasteiger charge is 2.17. The van der Waals surface area contributed by atoms with Crippen molar-refractivity contribution in [1.29, 1.82) is 0 Å². The van der Waals surface area contributed by atoms with Gasteiger partial charge >= 0.3 is 0 Å². The molecule has 2 nitrogen and oxygen atoms in total. The third-order valence-electron chi connectivity index (χ3n) is 2.15. The first kappa shape index (κ1) is 10.8. The van der Waals surface area contributed by atoms with Crippen molar-refractivity contribution in [2.45, 2.75) is 39.5 Å². The average molecular weight is 245 g/mol. The summed E-state index contributed by atoms with van der Waals surface area (Å²) in [4.78, 5) is 0. The number of rotatable bonds is 2. The molecular formula is C10H17BrN2. The fourth-order valence-electron chi connectivity index (χ4n) is 1.53. The molecule has 1 aromatic rings. The molecule has 0 unspecified atom stereocenters. The Balaban J connectivity index is 3.22. The second kappa shape index (κ2) is 3.82. The van der Waals surface area contributed by atoms with Gasteiger partial charge in [0.2, 0.25) is 0 Å². The highest BCUT2D eigenvalue weighted by Crippen LogP contribution is 2.31. The zero-order valence-corrected chi connectivity index (χ0v) is 10.5. The fraction of sp³-hybridized carbons (Fsp3) is 0.700. The normalized spacial score (nSPS) is 11.7. The summed E-state index contributed by atoms with van der Waals surface area (Å²) in [5.41, 5.74) is 2.44. The summed E-state index contributed by atoms with van der Waals surface area (Å²) in [7, 11) is 2.01. The summed E-state index contributed by atoms with van der Waals surface area (Å²) in [6.45, 7) is 8.70. The smallest absolute Gasteiger partial charge is 0.0794 e. The van der Waals surface area contributed by atoms with Crippen LogP contribution in [0.15, 0.2) is 4.47 Å². The Morgan fingerprint density at radius 1 is 1.15 bits per heavy atom. The van der Waals surface area contributed by atoms with Crippen molar-refractivity contribution in [2.24, 2.45) is 7.05 Å². The van der Waals surface area contributed by atoms with Crippen molar-refractivity contribution < 1.29 is 0 Å². The minimum Gasteiger partial charge on any atom is -0.271 e. The maximum atomic E-state index is 4.50. The minimum absolute atomic E-state index is 0.480. The van der Waals surface area contributed by atoms with Crippen LogP contribution in [0, 0.1) is 0 Å². The lowest BCUT2D eigenvalue weighted by Gasteiger charge is -2.05. The standard InChI is InChI=1S/C10H17BrN2/c1-6(2)9-8(11)10(7(3)4)13(5)12-9/h6-7H,1-5H3. The molecule has 0 atom stereocenters. The molecule has 0 radical (unpaired) electrons. The van der Waals surface area contributed by atoms with Crippen LogP contribution in [0.1, 0.15) is 50.9 Å². The van der Waals surface area contributed by atoms with Gasteiger partial charge in [0.15, 0.2) is 0 Å². The van der Waals surface area contributed by atoms with Gasteiger partial charge in [-0.05, 0) is 27.8 Å². The lowest BCUT2D eigenvalue weighted by atomic mass is 10.1. The van der Waals surface area contributed by atoms with Gasteiger partial charge in [0.05, 0.1) is 15.9 Å². The minimum atomic E-state index is 0.480. The number of nitrogens with zero attached hydrogens (tertiary/aromatic N) is 2. The Morgan fingerprint density at radius 3 is 1.92 bits per heavy atom. The van der Waals surface area contributed by atoms with Crippen LogP contribution in [0.3, 0.4) is 0 Å². The first-order valence-corrected chi connectivity index (χ1v) is 5.46. The quantitative estimate of drug-likeness (QED) is 0.780. The molecule has 0 aromatic carbocycles. The second-order valence-electron chi connectivity index (χ2n) is 4.02. The molecule has 1 heterocycles. The van der Waals surface area contributed by atoms with Crippen molar-refractivity contribution in [3.8, 4) is 0 Å². The van der Waals surface area contributed by atoms with Gasteiger partial charge in [-0.2, -0.15) is 5.10 Å². The Kier molecular flexibility index (Phi) is 3.17. The summed E-state index contributed by atoms with van der Waals surface area (Å²) < 4.78 is 3.16. The van der Waals surface area contributed by atoms with E-state index in [1.807, 2.05) is 11.7 Å². The Bertz CT molecular complexity index is 300. The van der Waals surface area contributed by atoms with E-state index in [1.54, 1.807) is 0 Å². The van der Waals surface area contributed by atoms with Crippen LogP contribution in [0.25, 0.3) is 0 Å². The van der Waals surface area contributed by atoms with Gasteiger partial charge in [-0.15, -0.1) is 0 Å². The molecule has 74 valence electrons. The van der Waals surface area contributed by atoms with E-state index in [9.17, 15) is 0 Å². The van der Waals surface area contributed by atoms with E-state index in [4.69, 9.17) is 0 Å².